The summed E-state index contributed by atoms with van der Waals surface area (Å²) in [5.41, 5.74) is 2.83. The van der Waals surface area contributed by atoms with Gasteiger partial charge in [0.05, 0.1) is 0 Å². The van der Waals surface area contributed by atoms with Crippen LogP contribution in [0.1, 0.15) is 44.1 Å². The molecule has 1 N–H and O–H groups in total. The molecule has 29 heavy (non-hydrogen) atoms. The maximum atomic E-state index is 13.1. The van der Waals surface area contributed by atoms with E-state index < -0.39 is 10.0 Å². The molecule has 2 aliphatic carbocycles. The van der Waals surface area contributed by atoms with E-state index in [1.165, 1.54) is 31.2 Å². The zero-order valence-electron chi connectivity index (χ0n) is 16.8. The van der Waals surface area contributed by atoms with Crippen molar-refractivity contribution in [3.8, 4) is 11.1 Å². The van der Waals surface area contributed by atoms with Gasteiger partial charge in [-0.25, -0.2) is 13.4 Å². The SMILES string of the molecule is O=S(=O)(c1ncccc1-c1ccc(CNC2CC3CCC2C3)cc1)N1CCCC1. The Bertz CT molecular complexity index is 968. The van der Waals surface area contributed by atoms with Crippen molar-refractivity contribution in [3.05, 3.63) is 48.2 Å². The Morgan fingerprint density at radius 2 is 1.83 bits per heavy atom. The summed E-state index contributed by atoms with van der Waals surface area (Å²) in [4.78, 5) is 4.26. The molecule has 154 valence electrons. The van der Waals surface area contributed by atoms with E-state index in [9.17, 15) is 8.42 Å². The lowest BCUT2D eigenvalue weighted by Crippen LogP contribution is -2.33. The smallest absolute Gasteiger partial charge is 0.261 e. The molecule has 2 heterocycles. The summed E-state index contributed by atoms with van der Waals surface area (Å²) in [5, 5.41) is 3.92. The Morgan fingerprint density at radius 1 is 1.03 bits per heavy atom. The Labute approximate surface area is 173 Å². The third-order valence-corrected chi connectivity index (χ3v) is 8.85. The normalized spacial score (nSPS) is 27.0. The Balaban J connectivity index is 1.32. The van der Waals surface area contributed by atoms with Gasteiger partial charge in [-0.05, 0) is 67.2 Å². The maximum Gasteiger partial charge on any atom is 0.261 e. The minimum absolute atomic E-state index is 0.176. The topological polar surface area (TPSA) is 62.3 Å². The minimum Gasteiger partial charge on any atom is -0.310 e. The molecule has 2 saturated carbocycles. The number of nitrogens with one attached hydrogen (secondary N) is 1. The van der Waals surface area contributed by atoms with Gasteiger partial charge in [-0.15, -0.1) is 0 Å². The number of hydrogen-bond acceptors (Lipinski definition) is 4. The fraction of sp³-hybridized carbons (Fsp3) is 0.522. The quantitative estimate of drug-likeness (QED) is 0.785. The van der Waals surface area contributed by atoms with Crippen molar-refractivity contribution in [2.24, 2.45) is 11.8 Å². The average Bonchev–Trinajstić information content (AvgIpc) is 3.51. The molecule has 1 aromatic heterocycles. The largest absolute Gasteiger partial charge is 0.310 e. The first-order valence-electron chi connectivity index (χ1n) is 10.9. The fourth-order valence-electron chi connectivity index (χ4n) is 5.41. The molecular formula is C23H29N3O2S. The van der Waals surface area contributed by atoms with Crippen LogP contribution in [0.25, 0.3) is 11.1 Å². The number of aromatic nitrogens is 1. The standard InChI is InChI=1S/C23H29N3O2S/c27-29(28,26-12-1-2-13-26)23-21(4-3-11-24-23)19-8-5-17(6-9-19)16-25-22-15-18-7-10-20(22)14-18/h3-6,8-9,11,18,20,22,25H,1-2,7,10,12-16H2. The molecule has 3 unspecified atom stereocenters. The number of pyridine rings is 1. The molecule has 0 spiro atoms. The summed E-state index contributed by atoms with van der Waals surface area (Å²) in [6, 6.07) is 12.6. The van der Waals surface area contributed by atoms with E-state index >= 15 is 0 Å². The minimum atomic E-state index is -3.54. The predicted octanol–water partition coefficient (Wildman–Crippen LogP) is 3.81. The zero-order valence-corrected chi connectivity index (χ0v) is 17.6. The van der Waals surface area contributed by atoms with Crippen LogP contribution in [-0.2, 0) is 16.6 Å². The van der Waals surface area contributed by atoms with E-state index in [1.54, 1.807) is 10.5 Å². The van der Waals surface area contributed by atoms with E-state index in [0.29, 0.717) is 24.7 Å². The third kappa shape index (κ3) is 3.74. The van der Waals surface area contributed by atoms with Crippen LogP contribution in [0.4, 0.5) is 0 Å². The molecule has 3 atom stereocenters. The third-order valence-electron chi connectivity index (χ3n) is 6.99. The molecule has 3 aliphatic rings. The highest BCUT2D eigenvalue weighted by molar-refractivity contribution is 7.89. The summed E-state index contributed by atoms with van der Waals surface area (Å²) in [6.07, 6.45) is 8.96. The predicted molar refractivity (Wildman–Crippen MR) is 114 cm³/mol. The zero-order chi connectivity index (χ0) is 19.8. The van der Waals surface area contributed by atoms with Gasteiger partial charge in [0.1, 0.15) is 0 Å². The molecule has 0 amide bonds. The second-order valence-corrected chi connectivity index (χ2v) is 10.7. The number of benzene rings is 1. The molecule has 1 aliphatic heterocycles. The van der Waals surface area contributed by atoms with E-state index in [1.807, 2.05) is 24.3 Å². The molecular weight excluding hydrogens is 382 g/mol. The number of fused-ring (bicyclic) bond motifs is 2. The van der Waals surface area contributed by atoms with Crippen LogP contribution in [0.15, 0.2) is 47.6 Å². The monoisotopic (exact) mass is 411 g/mol. The van der Waals surface area contributed by atoms with Crippen LogP contribution in [0, 0.1) is 11.8 Å². The van der Waals surface area contributed by atoms with E-state index in [0.717, 1.165) is 36.8 Å². The number of hydrogen-bond donors (Lipinski definition) is 1. The Hall–Kier alpha value is -1.76. The summed E-state index contributed by atoms with van der Waals surface area (Å²) >= 11 is 0. The van der Waals surface area contributed by atoms with Crippen molar-refractivity contribution in [1.82, 2.24) is 14.6 Å². The highest BCUT2D eigenvalue weighted by Gasteiger charge is 2.39. The van der Waals surface area contributed by atoms with E-state index in [-0.39, 0.29) is 5.03 Å². The summed E-state index contributed by atoms with van der Waals surface area (Å²) in [7, 11) is -3.54. The first-order valence-corrected chi connectivity index (χ1v) is 12.3. The van der Waals surface area contributed by atoms with E-state index in [2.05, 4.69) is 22.4 Å². The summed E-state index contributed by atoms with van der Waals surface area (Å²) in [5.74, 6) is 1.81. The molecule has 1 aromatic carbocycles. The summed E-state index contributed by atoms with van der Waals surface area (Å²) in [6.45, 7) is 2.05. The molecule has 6 heteroatoms. The van der Waals surface area contributed by atoms with Gasteiger partial charge in [0.25, 0.3) is 10.0 Å². The highest BCUT2D eigenvalue weighted by atomic mass is 32.2. The van der Waals surface area contributed by atoms with Gasteiger partial charge in [-0.1, -0.05) is 30.7 Å². The molecule has 5 rings (SSSR count). The van der Waals surface area contributed by atoms with Gasteiger partial charge in [-0.3, -0.25) is 0 Å². The van der Waals surface area contributed by atoms with Gasteiger partial charge in [0, 0.05) is 37.4 Å². The van der Waals surface area contributed by atoms with Gasteiger partial charge >= 0.3 is 0 Å². The molecule has 2 bridgehead atoms. The number of rotatable bonds is 6. The first kappa shape index (κ1) is 19.2. The lowest BCUT2D eigenvalue weighted by molar-refractivity contribution is 0.351. The molecule has 5 nitrogen and oxygen atoms in total. The van der Waals surface area contributed by atoms with Crippen molar-refractivity contribution in [3.63, 3.8) is 0 Å². The maximum absolute atomic E-state index is 13.1. The van der Waals surface area contributed by atoms with Crippen LogP contribution in [0.3, 0.4) is 0 Å². The van der Waals surface area contributed by atoms with Crippen molar-refractivity contribution in [1.29, 1.82) is 0 Å². The summed E-state index contributed by atoms with van der Waals surface area (Å²) < 4.78 is 27.7. The van der Waals surface area contributed by atoms with Gasteiger partial charge < -0.3 is 5.32 Å². The van der Waals surface area contributed by atoms with Crippen molar-refractivity contribution >= 4 is 10.0 Å². The van der Waals surface area contributed by atoms with Crippen molar-refractivity contribution in [2.75, 3.05) is 13.1 Å². The first-order chi connectivity index (χ1) is 14.1. The molecule has 3 fully saturated rings. The van der Waals surface area contributed by atoms with Crippen LogP contribution >= 0.6 is 0 Å². The molecule has 0 radical (unpaired) electrons. The van der Waals surface area contributed by atoms with Gasteiger partial charge in [0.15, 0.2) is 5.03 Å². The highest BCUT2D eigenvalue weighted by Crippen LogP contribution is 2.44. The average molecular weight is 412 g/mol. The number of nitrogens with zero attached hydrogens (tertiary/aromatic N) is 2. The van der Waals surface area contributed by atoms with Crippen LogP contribution in [-0.4, -0.2) is 36.8 Å². The second-order valence-electron chi connectivity index (χ2n) is 8.83. The van der Waals surface area contributed by atoms with Crippen molar-refractivity contribution in [2.45, 2.75) is 56.1 Å². The van der Waals surface area contributed by atoms with Gasteiger partial charge in [-0.2, -0.15) is 4.31 Å². The lowest BCUT2D eigenvalue weighted by atomic mass is 9.95. The Morgan fingerprint density at radius 3 is 2.52 bits per heavy atom. The number of sulfonamides is 1. The van der Waals surface area contributed by atoms with E-state index in [4.69, 9.17) is 0 Å². The second kappa shape index (κ2) is 7.82. The fourth-order valence-corrected chi connectivity index (χ4v) is 7.05. The van der Waals surface area contributed by atoms with Crippen LogP contribution in [0.5, 0.6) is 0 Å². The van der Waals surface area contributed by atoms with Crippen LogP contribution < -0.4 is 5.32 Å². The molecule has 1 saturated heterocycles. The van der Waals surface area contributed by atoms with Crippen LogP contribution in [0.2, 0.25) is 0 Å². The lowest BCUT2D eigenvalue weighted by Gasteiger charge is -2.23. The van der Waals surface area contributed by atoms with Gasteiger partial charge in [0.2, 0.25) is 0 Å². The molecule has 2 aromatic rings. The van der Waals surface area contributed by atoms with Crippen molar-refractivity contribution < 1.29 is 8.42 Å². The Kier molecular flexibility index (Phi) is 5.18.